The molecule has 1 atom stereocenters. The first-order valence-electron chi connectivity index (χ1n) is 5.62. The van der Waals surface area contributed by atoms with Gasteiger partial charge in [0.1, 0.15) is 5.69 Å². The molecule has 0 aromatic carbocycles. The van der Waals surface area contributed by atoms with Crippen LogP contribution in [0.2, 0.25) is 5.28 Å². The summed E-state index contributed by atoms with van der Waals surface area (Å²) in [6, 6.07) is 0. The highest BCUT2D eigenvalue weighted by atomic mass is 35.5. The average Bonchev–Trinajstić information content (AvgIpc) is 2.77. The molecule has 0 aliphatic carbocycles. The van der Waals surface area contributed by atoms with Crippen LogP contribution in [-0.2, 0) is 4.74 Å². The molecule has 8 heteroatoms. The highest BCUT2D eigenvalue weighted by molar-refractivity contribution is 6.28. The minimum atomic E-state index is -0.510. The van der Waals surface area contributed by atoms with Gasteiger partial charge >= 0.3 is 5.69 Å². The molecule has 18 heavy (non-hydrogen) atoms. The van der Waals surface area contributed by atoms with Gasteiger partial charge in [0.2, 0.25) is 11.1 Å². The smallest absolute Gasteiger partial charge is 0.332 e. The number of hydrogen-bond donors (Lipinski definition) is 1. The number of nitrogens with zero attached hydrogens (tertiary/aromatic N) is 3. The fourth-order valence-electron chi connectivity index (χ4n) is 1.89. The van der Waals surface area contributed by atoms with E-state index >= 15 is 0 Å². The molecule has 2 rings (SSSR count). The normalized spacial score (nSPS) is 18.9. The standard InChI is InChI=1S/C10H13ClN4O3/c1-6-8(15(16)17)9(14-10(11)13-6)12-5-7-3-2-4-18-7/h7H,2-5H2,1H3,(H,12,13,14). The van der Waals surface area contributed by atoms with E-state index in [4.69, 9.17) is 16.3 Å². The Morgan fingerprint density at radius 3 is 3.00 bits per heavy atom. The van der Waals surface area contributed by atoms with Gasteiger partial charge in [-0.1, -0.05) is 0 Å². The second-order valence-corrected chi connectivity index (χ2v) is 4.39. The molecule has 1 unspecified atom stereocenters. The lowest BCUT2D eigenvalue weighted by Crippen LogP contribution is -2.20. The number of hydrogen-bond acceptors (Lipinski definition) is 6. The molecule has 7 nitrogen and oxygen atoms in total. The van der Waals surface area contributed by atoms with Crippen molar-refractivity contribution in [1.82, 2.24) is 9.97 Å². The highest BCUT2D eigenvalue weighted by Gasteiger charge is 2.23. The lowest BCUT2D eigenvalue weighted by atomic mass is 10.2. The number of anilines is 1. The van der Waals surface area contributed by atoms with E-state index in [0.717, 1.165) is 19.4 Å². The monoisotopic (exact) mass is 272 g/mol. The predicted octanol–water partition coefficient (Wildman–Crippen LogP) is 1.94. The van der Waals surface area contributed by atoms with E-state index < -0.39 is 4.92 Å². The number of aryl methyl sites for hydroxylation is 1. The first-order valence-corrected chi connectivity index (χ1v) is 5.99. The zero-order chi connectivity index (χ0) is 13.1. The molecular formula is C10H13ClN4O3. The summed E-state index contributed by atoms with van der Waals surface area (Å²) in [4.78, 5) is 18.1. The number of ether oxygens (including phenoxy) is 1. The summed E-state index contributed by atoms with van der Waals surface area (Å²) in [6.45, 7) is 2.74. The van der Waals surface area contributed by atoms with Crippen LogP contribution in [0.25, 0.3) is 0 Å². The van der Waals surface area contributed by atoms with Crippen LogP contribution in [0.3, 0.4) is 0 Å². The summed E-state index contributed by atoms with van der Waals surface area (Å²) in [7, 11) is 0. The Morgan fingerprint density at radius 2 is 2.39 bits per heavy atom. The molecule has 0 radical (unpaired) electrons. The van der Waals surface area contributed by atoms with Crippen molar-refractivity contribution in [2.45, 2.75) is 25.9 Å². The van der Waals surface area contributed by atoms with Crippen molar-refractivity contribution >= 4 is 23.1 Å². The Hall–Kier alpha value is -1.47. The second kappa shape index (κ2) is 5.45. The lowest BCUT2D eigenvalue weighted by Gasteiger charge is -2.11. The van der Waals surface area contributed by atoms with Gasteiger partial charge in [-0.15, -0.1) is 0 Å². The summed E-state index contributed by atoms with van der Waals surface area (Å²) in [5, 5.41) is 13.9. The molecule has 0 amide bonds. The van der Waals surface area contributed by atoms with Crippen molar-refractivity contribution in [3.8, 4) is 0 Å². The number of rotatable bonds is 4. The summed E-state index contributed by atoms with van der Waals surface area (Å²) in [6.07, 6.45) is 2.02. The molecule has 1 aliphatic heterocycles. The number of aromatic nitrogens is 2. The molecule has 98 valence electrons. The largest absolute Gasteiger partial charge is 0.376 e. The topological polar surface area (TPSA) is 90.2 Å². The van der Waals surface area contributed by atoms with Crippen LogP contribution in [0.1, 0.15) is 18.5 Å². The van der Waals surface area contributed by atoms with Gasteiger partial charge in [-0.2, -0.15) is 4.98 Å². The van der Waals surface area contributed by atoms with Crippen LogP contribution in [0.5, 0.6) is 0 Å². The van der Waals surface area contributed by atoms with Gasteiger partial charge in [-0.3, -0.25) is 10.1 Å². The van der Waals surface area contributed by atoms with Crippen molar-refractivity contribution in [3.63, 3.8) is 0 Å². The Morgan fingerprint density at radius 1 is 1.61 bits per heavy atom. The minimum Gasteiger partial charge on any atom is -0.376 e. The summed E-state index contributed by atoms with van der Waals surface area (Å²) >= 11 is 5.71. The van der Waals surface area contributed by atoms with Gasteiger partial charge in [0, 0.05) is 13.2 Å². The molecule has 1 aromatic rings. The van der Waals surface area contributed by atoms with Crippen molar-refractivity contribution < 1.29 is 9.66 Å². The molecular weight excluding hydrogens is 260 g/mol. The lowest BCUT2D eigenvalue weighted by molar-refractivity contribution is -0.385. The van der Waals surface area contributed by atoms with Crippen molar-refractivity contribution in [2.75, 3.05) is 18.5 Å². The van der Waals surface area contributed by atoms with E-state index in [1.54, 1.807) is 0 Å². The molecule has 1 aliphatic rings. The molecule has 1 fully saturated rings. The van der Waals surface area contributed by atoms with Gasteiger partial charge in [0.25, 0.3) is 0 Å². The van der Waals surface area contributed by atoms with Crippen molar-refractivity contribution in [1.29, 1.82) is 0 Å². The SMILES string of the molecule is Cc1nc(Cl)nc(NCC2CCCO2)c1[N+](=O)[O-]. The van der Waals surface area contributed by atoms with Crippen LogP contribution >= 0.6 is 11.6 Å². The van der Waals surface area contributed by atoms with E-state index in [2.05, 4.69) is 15.3 Å². The van der Waals surface area contributed by atoms with Gasteiger partial charge in [0.05, 0.1) is 11.0 Å². The molecule has 0 spiro atoms. The van der Waals surface area contributed by atoms with Gasteiger partial charge < -0.3 is 10.1 Å². The third-order valence-corrected chi connectivity index (χ3v) is 2.90. The fraction of sp³-hybridized carbons (Fsp3) is 0.600. The minimum absolute atomic E-state index is 0.00654. The third-order valence-electron chi connectivity index (χ3n) is 2.73. The van der Waals surface area contributed by atoms with E-state index in [0.29, 0.717) is 6.54 Å². The van der Waals surface area contributed by atoms with Gasteiger partial charge in [0.15, 0.2) is 0 Å². The van der Waals surface area contributed by atoms with E-state index in [-0.39, 0.29) is 28.6 Å². The third kappa shape index (κ3) is 2.85. The summed E-state index contributed by atoms with van der Waals surface area (Å²) in [5.41, 5.74) is 0.104. The van der Waals surface area contributed by atoms with Crippen LogP contribution in [0.15, 0.2) is 0 Å². The van der Waals surface area contributed by atoms with E-state index in [9.17, 15) is 10.1 Å². The fourth-order valence-corrected chi connectivity index (χ4v) is 2.10. The Balaban J connectivity index is 2.16. The number of nitrogens with one attached hydrogen (secondary N) is 1. The van der Waals surface area contributed by atoms with E-state index in [1.165, 1.54) is 6.92 Å². The summed E-state index contributed by atoms with van der Waals surface area (Å²) in [5.74, 6) is 0.146. The number of nitro groups is 1. The summed E-state index contributed by atoms with van der Waals surface area (Å²) < 4.78 is 5.43. The van der Waals surface area contributed by atoms with Crippen LogP contribution in [-0.4, -0.2) is 34.1 Å². The molecule has 1 aromatic heterocycles. The zero-order valence-electron chi connectivity index (χ0n) is 9.85. The highest BCUT2D eigenvalue weighted by Crippen LogP contribution is 2.26. The Kier molecular flexibility index (Phi) is 3.93. The molecule has 2 heterocycles. The first-order chi connectivity index (χ1) is 8.58. The average molecular weight is 273 g/mol. The van der Waals surface area contributed by atoms with Gasteiger partial charge in [-0.25, -0.2) is 4.98 Å². The maximum Gasteiger partial charge on any atom is 0.332 e. The van der Waals surface area contributed by atoms with Crippen LogP contribution < -0.4 is 5.32 Å². The van der Waals surface area contributed by atoms with Crippen molar-refractivity contribution in [3.05, 3.63) is 21.1 Å². The second-order valence-electron chi connectivity index (χ2n) is 4.05. The van der Waals surface area contributed by atoms with Gasteiger partial charge in [-0.05, 0) is 31.4 Å². The molecule has 0 bridgehead atoms. The molecule has 1 saturated heterocycles. The molecule has 0 saturated carbocycles. The Labute approximate surface area is 109 Å². The van der Waals surface area contributed by atoms with E-state index in [1.807, 2.05) is 0 Å². The molecule has 1 N–H and O–H groups in total. The first kappa shape index (κ1) is 13.0. The maximum absolute atomic E-state index is 11.0. The Bertz CT molecular complexity index is 463. The zero-order valence-corrected chi connectivity index (χ0v) is 10.6. The number of halogens is 1. The van der Waals surface area contributed by atoms with Crippen molar-refractivity contribution in [2.24, 2.45) is 0 Å². The maximum atomic E-state index is 11.0. The predicted molar refractivity (Wildman–Crippen MR) is 65.9 cm³/mol. The quantitative estimate of drug-likeness (QED) is 0.512. The van der Waals surface area contributed by atoms with Crippen LogP contribution in [0, 0.1) is 17.0 Å². The van der Waals surface area contributed by atoms with Crippen LogP contribution in [0.4, 0.5) is 11.5 Å².